The summed E-state index contributed by atoms with van der Waals surface area (Å²) in [4.78, 5) is 0. The average molecular weight is 270 g/mol. The summed E-state index contributed by atoms with van der Waals surface area (Å²) in [5.74, 6) is 0. The third kappa shape index (κ3) is 2.62. The van der Waals surface area contributed by atoms with Gasteiger partial charge in [-0.3, -0.25) is 0 Å². The Bertz CT molecular complexity index is 439. The van der Waals surface area contributed by atoms with E-state index in [0.29, 0.717) is 6.07 Å². The summed E-state index contributed by atoms with van der Waals surface area (Å²) in [6, 6.07) is 2.71. The van der Waals surface area contributed by atoms with Crippen LogP contribution in [0.5, 0.6) is 0 Å². The minimum Gasteiger partial charge on any atom is -0.170 e. The summed E-state index contributed by atoms with van der Waals surface area (Å²) in [5.41, 5.74) is -3.84. The van der Waals surface area contributed by atoms with Crippen molar-refractivity contribution in [3.8, 4) is 0 Å². The summed E-state index contributed by atoms with van der Waals surface area (Å²) < 4.78 is 76.2. The van der Waals surface area contributed by atoms with Crippen LogP contribution < -0.4 is 0 Å². The molecule has 0 heterocycles. The molecule has 0 atom stereocenters. The van der Waals surface area contributed by atoms with Gasteiger partial charge in [-0.1, -0.05) is 12.1 Å². The van der Waals surface area contributed by atoms with E-state index in [1.807, 2.05) is 0 Å². The number of hydrogen-bond acceptors (Lipinski definition) is 0. The summed E-state index contributed by atoms with van der Waals surface area (Å²) >= 11 is 0. The monoisotopic (exact) mass is 270 g/mol. The van der Waals surface area contributed by atoms with Gasteiger partial charge in [0.25, 0.3) is 0 Å². The van der Waals surface area contributed by atoms with Crippen molar-refractivity contribution in [2.75, 3.05) is 0 Å². The van der Waals surface area contributed by atoms with Crippen LogP contribution in [0.4, 0.5) is 26.3 Å². The van der Waals surface area contributed by atoms with Crippen LogP contribution in [-0.2, 0) is 11.6 Å². The molecule has 1 aromatic carbocycles. The number of benzene rings is 1. The largest absolute Gasteiger partial charge is 0.416 e. The molecule has 0 aliphatic heterocycles. The van der Waals surface area contributed by atoms with Gasteiger partial charge in [0.05, 0.1) is 11.0 Å². The number of halogens is 6. The van der Waals surface area contributed by atoms with E-state index < -0.39 is 28.9 Å². The third-order valence-electron chi connectivity index (χ3n) is 2.97. The summed E-state index contributed by atoms with van der Waals surface area (Å²) in [6.45, 7) is 2.93. The molecule has 18 heavy (non-hydrogen) atoms. The second-order valence-electron chi connectivity index (χ2n) is 4.65. The van der Waals surface area contributed by atoms with Crippen molar-refractivity contribution in [1.82, 2.24) is 0 Å². The van der Waals surface area contributed by atoms with Crippen molar-refractivity contribution in [1.29, 1.82) is 0 Å². The zero-order valence-electron chi connectivity index (χ0n) is 10.00. The second kappa shape index (κ2) is 4.17. The minimum atomic E-state index is -4.65. The molecule has 0 aliphatic rings. The number of rotatable bonds is 1. The maximum Gasteiger partial charge on any atom is 0.416 e. The van der Waals surface area contributed by atoms with Crippen molar-refractivity contribution < 1.29 is 26.3 Å². The highest BCUT2D eigenvalue weighted by atomic mass is 19.4. The van der Waals surface area contributed by atoms with Gasteiger partial charge in [0.15, 0.2) is 0 Å². The maximum absolute atomic E-state index is 12.8. The molecule has 0 fully saturated rings. The minimum absolute atomic E-state index is 0.0933. The van der Waals surface area contributed by atoms with Gasteiger partial charge in [0, 0.05) is 0 Å². The molecule has 0 nitrogen and oxygen atoms in total. The Balaban J connectivity index is 3.38. The summed E-state index contributed by atoms with van der Waals surface area (Å²) in [6.07, 6.45) is -9.26. The van der Waals surface area contributed by atoms with Crippen molar-refractivity contribution in [2.45, 2.75) is 38.5 Å². The Morgan fingerprint density at radius 1 is 0.889 bits per heavy atom. The fraction of sp³-hybridized carbons (Fsp3) is 0.500. The van der Waals surface area contributed by atoms with Crippen molar-refractivity contribution in [2.24, 2.45) is 0 Å². The number of hydrogen-bond donors (Lipinski definition) is 0. The first-order chi connectivity index (χ1) is 7.87. The topological polar surface area (TPSA) is 0 Å². The van der Waals surface area contributed by atoms with Crippen LogP contribution in [0.3, 0.4) is 0 Å². The number of alkyl halides is 6. The fourth-order valence-electron chi connectivity index (χ4n) is 1.48. The van der Waals surface area contributed by atoms with E-state index in [1.54, 1.807) is 0 Å². The predicted molar refractivity (Wildman–Crippen MR) is 55.3 cm³/mol. The third-order valence-corrected chi connectivity index (χ3v) is 2.97. The van der Waals surface area contributed by atoms with Gasteiger partial charge in [-0.15, -0.1) is 0 Å². The molecule has 0 amide bonds. The van der Waals surface area contributed by atoms with Crippen molar-refractivity contribution in [3.05, 3.63) is 34.9 Å². The van der Waals surface area contributed by atoms with E-state index in [2.05, 4.69) is 0 Å². The van der Waals surface area contributed by atoms with Gasteiger partial charge in [0.1, 0.15) is 0 Å². The first-order valence-electron chi connectivity index (χ1n) is 5.12. The molecule has 0 bridgehead atoms. The Morgan fingerprint density at radius 2 is 1.39 bits per heavy atom. The first kappa shape index (κ1) is 14.9. The number of aryl methyl sites for hydroxylation is 1. The van der Waals surface area contributed by atoms with Crippen LogP contribution in [-0.4, -0.2) is 6.18 Å². The fourth-order valence-corrected chi connectivity index (χ4v) is 1.48. The highest BCUT2D eigenvalue weighted by Crippen LogP contribution is 2.42. The molecular weight excluding hydrogens is 258 g/mol. The van der Waals surface area contributed by atoms with Gasteiger partial charge in [-0.25, -0.2) is 0 Å². The highest BCUT2D eigenvalue weighted by Gasteiger charge is 2.49. The molecule has 0 saturated heterocycles. The molecule has 1 rings (SSSR count). The van der Waals surface area contributed by atoms with Crippen molar-refractivity contribution in [3.63, 3.8) is 0 Å². The molecule has 0 aliphatic carbocycles. The van der Waals surface area contributed by atoms with Crippen LogP contribution in [0.2, 0.25) is 0 Å². The SMILES string of the molecule is Cc1ccc(C(C)(C)C(F)(F)F)cc1C(F)(F)F. The Kier molecular flexibility index (Phi) is 3.44. The van der Waals surface area contributed by atoms with Crippen LogP contribution in [0, 0.1) is 6.92 Å². The molecule has 0 N–H and O–H groups in total. The smallest absolute Gasteiger partial charge is 0.170 e. The lowest BCUT2D eigenvalue weighted by molar-refractivity contribution is -0.180. The lowest BCUT2D eigenvalue weighted by atomic mass is 9.82. The lowest BCUT2D eigenvalue weighted by Gasteiger charge is -2.29. The van der Waals surface area contributed by atoms with Gasteiger partial charge in [-0.05, 0) is 38.0 Å². The molecule has 0 unspecified atom stereocenters. The van der Waals surface area contributed by atoms with E-state index in [9.17, 15) is 26.3 Å². The van der Waals surface area contributed by atoms with Crippen LogP contribution >= 0.6 is 0 Å². The molecule has 0 radical (unpaired) electrons. The predicted octanol–water partition coefficient (Wildman–Crippen LogP) is 4.85. The first-order valence-corrected chi connectivity index (χ1v) is 5.12. The molecular formula is C12H12F6. The second-order valence-corrected chi connectivity index (χ2v) is 4.65. The highest BCUT2D eigenvalue weighted by molar-refractivity contribution is 5.37. The van der Waals surface area contributed by atoms with Gasteiger partial charge >= 0.3 is 12.4 Å². The van der Waals surface area contributed by atoms with E-state index in [1.165, 1.54) is 6.92 Å². The van der Waals surface area contributed by atoms with Crippen LogP contribution in [0.25, 0.3) is 0 Å². The van der Waals surface area contributed by atoms with Crippen LogP contribution in [0.1, 0.15) is 30.5 Å². The maximum atomic E-state index is 12.8. The Labute approximate surface area is 101 Å². The Morgan fingerprint density at radius 3 is 1.78 bits per heavy atom. The van der Waals surface area contributed by atoms with E-state index in [0.717, 1.165) is 26.0 Å². The summed E-state index contributed by atoms with van der Waals surface area (Å²) in [5, 5.41) is 0. The lowest BCUT2D eigenvalue weighted by Crippen LogP contribution is -2.36. The molecule has 0 aromatic heterocycles. The molecule has 0 spiro atoms. The molecule has 6 heteroatoms. The van der Waals surface area contributed by atoms with Gasteiger partial charge in [0.2, 0.25) is 0 Å². The zero-order valence-corrected chi connectivity index (χ0v) is 10.00. The van der Waals surface area contributed by atoms with E-state index in [4.69, 9.17) is 0 Å². The van der Waals surface area contributed by atoms with E-state index in [-0.39, 0.29) is 5.56 Å². The van der Waals surface area contributed by atoms with Crippen molar-refractivity contribution >= 4 is 0 Å². The quantitative estimate of drug-likeness (QED) is 0.640. The average Bonchev–Trinajstić information content (AvgIpc) is 2.14. The normalized spacial score (nSPS) is 13.8. The standard InChI is InChI=1S/C12H12F6/c1-7-4-5-8(6-9(7)11(13,14)15)10(2,3)12(16,17)18/h4-6H,1-3H3. The van der Waals surface area contributed by atoms with Gasteiger partial charge in [-0.2, -0.15) is 26.3 Å². The van der Waals surface area contributed by atoms with Gasteiger partial charge < -0.3 is 0 Å². The Hall–Kier alpha value is -1.20. The van der Waals surface area contributed by atoms with E-state index >= 15 is 0 Å². The molecule has 102 valence electrons. The summed E-state index contributed by atoms with van der Waals surface area (Å²) in [7, 11) is 0. The molecule has 0 saturated carbocycles. The zero-order chi connectivity index (χ0) is 14.4. The van der Waals surface area contributed by atoms with Crippen LogP contribution in [0.15, 0.2) is 18.2 Å². The molecule has 1 aromatic rings.